The molecule has 0 aliphatic rings. The standard InChI is InChI=1S/C19H17F3N2O3/c1-12(25)13-5-4-6-15(9-13)27-11-14(26)10-24-17-8-3-2-7-16(17)23-18(24)19(20,21)22/h2-9,14,26H,10-11H2,1H3. The van der Waals surface area contributed by atoms with Crippen LogP contribution in [0.4, 0.5) is 13.2 Å². The Morgan fingerprint density at radius 2 is 1.96 bits per heavy atom. The molecule has 0 radical (unpaired) electrons. The average Bonchev–Trinajstić information content (AvgIpc) is 2.99. The van der Waals surface area contributed by atoms with Crippen molar-refractivity contribution < 1.29 is 27.8 Å². The van der Waals surface area contributed by atoms with E-state index in [1.165, 1.54) is 25.1 Å². The van der Waals surface area contributed by atoms with Crippen molar-refractivity contribution in [3.63, 3.8) is 0 Å². The zero-order valence-corrected chi connectivity index (χ0v) is 14.4. The molecule has 2 aromatic carbocycles. The van der Waals surface area contributed by atoms with Crippen molar-refractivity contribution in [1.82, 2.24) is 9.55 Å². The number of rotatable bonds is 6. The zero-order chi connectivity index (χ0) is 19.6. The normalized spacial score (nSPS) is 12.9. The maximum atomic E-state index is 13.3. The summed E-state index contributed by atoms with van der Waals surface area (Å²) in [4.78, 5) is 15.0. The van der Waals surface area contributed by atoms with E-state index in [1.54, 1.807) is 30.3 Å². The number of aromatic nitrogens is 2. The average molecular weight is 378 g/mol. The minimum absolute atomic E-state index is 0.138. The van der Waals surface area contributed by atoms with E-state index in [9.17, 15) is 23.1 Å². The number of imidazole rings is 1. The number of ether oxygens (including phenoxy) is 1. The summed E-state index contributed by atoms with van der Waals surface area (Å²) in [5, 5.41) is 10.2. The number of carbonyl (C=O) groups excluding carboxylic acids is 1. The summed E-state index contributed by atoms with van der Waals surface area (Å²) < 4.78 is 46.2. The van der Waals surface area contributed by atoms with Gasteiger partial charge in [-0.15, -0.1) is 0 Å². The SMILES string of the molecule is CC(=O)c1cccc(OCC(O)Cn2c(C(F)(F)F)nc3ccccc32)c1. The number of hydrogen-bond donors (Lipinski definition) is 1. The number of hydrogen-bond acceptors (Lipinski definition) is 4. The zero-order valence-electron chi connectivity index (χ0n) is 14.4. The fourth-order valence-electron chi connectivity index (χ4n) is 2.74. The molecule has 142 valence electrons. The van der Waals surface area contributed by atoms with Gasteiger partial charge < -0.3 is 14.4 Å². The molecule has 0 amide bonds. The maximum absolute atomic E-state index is 13.3. The maximum Gasteiger partial charge on any atom is 0.449 e. The van der Waals surface area contributed by atoms with E-state index in [4.69, 9.17) is 4.74 Å². The predicted octanol–water partition coefficient (Wildman–Crippen LogP) is 3.70. The summed E-state index contributed by atoms with van der Waals surface area (Å²) in [7, 11) is 0. The molecule has 1 N–H and O–H groups in total. The van der Waals surface area contributed by atoms with Gasteiger partial charge in [0.1, 0.15) is 18.5 Å². The first-order valence-electron chi connectivity index (χ1n) is 8.20. The van der Waals surface area contributed by atoms with E-state index < -0.39 is 18.1 Å². The van der Waals surface area contributed by atoms with Gasteiger partial charge in [0.2, 0.25) is 5.82 Å². The molecule has 0 aliphatic carbocycles. The first kappa shape index (κ1) is 18.9. The molecule has 5 nitrogen and oxygen atoms in total. The quantitative estimate of drug-likeness (QED) is 0.665. The van der Waals surface area contributed by atoms with Gasteiger partial charge in [-0.05, 0) is 31.2 Å². The monoisotopic (exact) mass is 378 g/mol. The van der Waals surface area contributed by atoms with E-state index in [0.717, 1.165) is 4.57 Å². The Hall–Kier alpha value is -2.87. The van der Waals surface area contributed by atoms with Gasteiger partial charge in [-0.3, -0.25) is 4.79 Å². The van der Waals surface area contributed by atoms with Gasteiger partial charge in [0.25, 0.3) is 0 Å². The first-order chi connectivity index (χ1) is 12.8. The molecule has 0 bridgehead atoms. The van der Waals surface area contributed by atoms with Gasteiger partial charge >= 0.3 is 6.18 Å². The summed E-state index contributed by atoms with van der Waals surface area (Å²) in [6.07, 6.45) is -5.85. The van der Waals surface area contributed by atoms with Crippen LogP contribution in [0.3, 0.4) is 0 Å². The Bertz CT molecular complexity index is 966. The van der Waals surface area contributed by atoms with Gasteiger partial charge in [-0.1, -0.05) is 24.3 Å². The molecule has 1 aromatic heterocycles. The highest BCUT2D eigenvalue weighted by molar-refractivity contribution is 5.94. The first-order valence-corrected chi connectivity index (χ1v) is 8.20. The lowest BCUT2D eigenvalue weighted by Gasteiger charge is -2.16. The van der Waals surface area contributed by atoms with E-state index in [0.29, 0.717) is 11.3 Å². The van der Waals surface area contributed by atoms with Crippen molar-refractivity contribution >= 4 is 16.8 Å². The molecule has 3 aromatic rings. The molecular weight excluding hydrogens is 361 g/mol. The lowest BCUT2D eigenvalue weighted by atomic mass is 10.1. The summed E-state index contributed by atoms with van der Waals surface area (Å²) in [6.45, 7) is 0.851. The molecule has 3 rings (SSSR count). The molecule has 1 heterocycles. The van der Waals surface area contributed by atoms with Crippen LogP contribution in [0.5, 0.6) is 5.75 Å². The van der Waals surface area contributed by atoms with Crippen molar-refractivity contribution in [1.29, 1.82) is 0 Å². The highest BCUT2D eigenvalue weighted by Crippen LogP contribution is 2.31. The lowest BCUT2D eigenvalue weighted by molar-refractivity contribution is -0.147. The molecule has 8 heteroatoms. The molecule has 0 saturated heterocycles. The van der Waals surface area contributed by atoms with Gasteiger partial charge in [0, 0.05) is 5.56 Å². The van der Waals surface area contributed by atoms with Crippen molar-refractivity contribution in [2.45, 2.75) is 25.7 Å². The Kier molecular flexibility index (Phi) is 5.18. The topological polar surface area (TPSA) is 64.3 Å². The van der Waals surface area contributed by atoms with Crippen LogP contribution in [0.25, 0.3) is 11.0 Å². The van der Waals surface area contributed by atoms with Gasteiger partial charge in [0.15, 0.2) is 5.78 Å². The number of nitrogens with zero attached hydrogens (tertiary/aromatic N) is 2. The minimum Gasteiger partial charge on any atom is -0.491 e. The Labute approximate surface area is 153 Å². The predicted molar refractivity (Wildman–Crippen MR) is 92.7 cm³/mol. The second-order valence-corrected chi connectivity index (χ2v) is 6.08. The number of carbonyl (C=O) groups is 1. The molecule has 27 heavy (non-hydrogen) atoms. The molecular formula is C19H17F3N2O3. The summed E-state index contributed by atoms with van der Waals surface area (Å²) >= 11 is 0. The van der Waals surface area contributed by atoms with Crippen LogP contribution in [0.1, 0.15) is 23.1 Å². The number of Topliss-reactive ketones (excluding diaryl/α,β-unsaturated/α-hetero) is 1. The van der Waals surface area contributed by atoms with E-state index in [1.807, 2.05) is 0 Å². The third-order valence-corrected chi connectivity index (χ3v) is 3.98. The number of alkyl halides is 3. The molecule has 0 spiro atoms. The van der Waals surface area contributed by atoms with Crippen LogP contribution in [0, 0.1) is 0 Å². The molecule has 1 atom stereocenters. The number of aliphatic hydroxyl groups is 1. The number of para-hydroxylation sites is 2. The molecule has 0 aliphatic heterocycles. The van der Waals surface area contributed by atoms with Crippen LogP contribution in [-0.4, -0.2) is 33.2 Å². The fraction of sp³-hybridized carbons (Fsp3) is 0.263. The van der Waals surface area contributed by atoms with Gasteiger partial charge in [-0.2, -0.15) is 13.2 Å². The number of ketones is 1. The number of aliphatic hydroxyl groups excluding tert-OH is 1. The van der Waals surface area contributed by atoms with Crippen molar-refractivity contribution in [2.75, 3.05) is 6.61 Å². The largest absolute Gasteiger partial charge is 0.491 e. The summed E-state index contributed by atoms with van der Waals surface area (Å²) in [6, 6.07) is 12.6. The van der Waals surface area contributed by atoms with Crippen LogP contribution >= 0.6 is 0 Å². The van der Waals surface area contributed by atoms with E-state index in [-0.39, 0.29) is 30.0 Å². The van der Waals surface area contributed by atoms with Crippen molar-refractivity contribution in [3.05, 3.63) is 59.9 Å². The molecule has 0 fully saturated rings. The summed E-state index contributed by atoms with van der Waals surface area (Å²) in [5.74, 6) is -0.852. The van der Waals surface area contributed by atoms with Crippen LogP contribution in [-0.2, 0) is 12.7 Å². The third kappa shape index (κ3) is 4.28. The number of benzene rings is 2. The van der Waals surface area contributed by atoms with Crippen LogP contribution in [0.2, 0.25) is 0 Å². The Morgan fingerprint density at radius 1 is 1.22 bits per heavy atom. The second kappa shape index (κ2) is 7.40. The smallest absolute Gasteiger partial charge is 0.449 e. The lowest BCUT2D eigenvalue weighted by Crippen LogP contribution is -2.26. The second-order valence-electron chi connectivity index (χ2n) is 6.08. The minimum atomic E-state index is -4.64. The number of halogens is 3. The Balaban J connectivity index is 1.77. The van der Waals surface area contributed by atoms with Gasteiger partial charge in [-0.25, -0.2) is 4.98 Å². The van der Waals surface area contributed by atoms with Crippen molar-refractivity contribution in [2.24, 2.45) is 0 Å². The van der Waals surface area contributed by atoms with E-state index in [2.05, 4.69) is 4.98 Å². The van der Waals surface area contributed by atoms with E-state index >= 15 is 0 Å². The highest BCUT2D eigenvalue weighted by Gasteiger charge is 2.37. The van der Waals surface area contributed by atoms with Crippen molar-refractivity contribution in [3.8, 4) is 5.75 Å². The highest BCUT2D eigenvalue weighted by atomic mass is 19.4. The van der Waals surface area contributed by atoms with Crippen LogP contribution < -0.4 is 4.74 Å². The van der Waals surface area contributed by atoms with Gasteiger partial charge in [0.05, 0.1) is 17.6 Å². The number of fused-ring (bicyclic) bond motifs is 1. The fourth-order valence-corrected chi connectivity index (χ4v) is 2.74. The molecule has 1 unspecified atom stereocenters. The molecule has 0 saturated carbocycles. The van der Waals surface area contributed by atoms with Crippen LogP contribution in [0.15, 0.2) is 48.5 Å². The summed E-state index contributed by atoms with van der Waals surface area (Å²) in [5.41, 5.74) is 0.927. The third-order valence-electron chi connectivity index (χ3n) is 3.98. The Morgan fingerprint density at radius 3 is 2.67 bits per heavy atom.